The van der Waals surface area contributed by atoms with Crippen LogP contribution >= 0.6 is 0 Å². The second-order valence-electron chi connectivity index (χ2n) is 5.51. The van der Waals surface area contributed by atoms with Gasteiger partial charge in [-0.25, -0.2) is 0 Å². The molecule has 1 amide bonds. The van der Waals surface area contributed by atoms with Gasteiger partial charge in [0.05, 0.1) is 6.61 Å². The Bertz CT molecular complexity index is 458. The van der Waals surface area contributed by atoms with E-state index >= 15 is 0 Å². The maximum absolute atomic E-state index is 11.4. The quantitative estimate of drug-likeness (QED) is 0.745. The molecule has 0 atom stereocenters. The van der Waals surface area contributed by atoms with Gasteiger partial charge in [0.1, 0.15) is 5.75 Å². The predicted molar refractivity (Wildman–Crippen MR) is 80.1 cm³/mol. The second-order valence-corrected chi connectivity index (χ2v) is 5.51. The van der Waals surface area contributed by atoms with E-state index < -0.39 is 0 Å². The van der Waals surface area contributed by atoms with Gasteiger partial charge in [-0.15, -0.1) is 0 Å². The SMILES string of the molecule is CC(C)NC(=O)CCNCCc1ccc2c(c1)CCO2. The minimum atomic E-state index is 0.113. The molecule has 1 aliphatic heterocycles. The summed E-state index contributed by atoms with van der Waals surface area (Å²) in [7, 11) is 0. The molecule has 1 aliphatic rings. The van der Waals surface area contributed by atoms with E-state index in [2.05, 4.69) is 28.8 Å². The van der Waals surface area contributed by atoms with E-state index in [1.165, 1.54) is 11.1 Å². The van der Waals surface area contributed by atoms with Crippen molar-refractivity contribution in [2.24, 2.45) is 0 Å². The first-order valence-electron chi connectivity index (χ1n) is 7.40. The molecule has 0 aromatic heterocycles. The molecule has 0 bridgehead atoms. The Morgan fingerprint density at radius 1 is 1.35 bits per heavy atom. The molecule has 1 aromatic carbocycles. The number of nitrogens with one attached hydrogen (secondary N) is 2. The van der Waals surface area contributed by atoms with Gasteiger partial charge in [-0.2, -0.15) is 0 Å². The fourth-order valence-corrected chi connectivity index (χ4v) is 2.35. The zero-order chi connectivity index (χ0) is 14.4. The molecule has 4 nitrogen and oxygen atoms in total. The number of rotatable bonds is 7. The molecule has 0 radical (unpaired) electrons. The number of hydrogen-bond donors (Lipinski definition) is 2. The smallest absolute Gasteiger partial charge is 0.221 e. The van der Waals surface area contributed by atoms with E-state index in [0.29, 0.717) is 6.42 Å². The average molecular weight is 276 g/mol. The van der Waals surface area contributed by atoms with E-state index in [0.717, 1.165) is 38.3 Å². The van der Waals surface area contributed by atoms with Crippen molar-refractivity contribution in [3.63, 3.8) is 0 Å². The van der Waals surface area contributed by atoms with Gasteiger partial charge in [-0.05, 0) is 44.0 Å². The normalized spacial score (nSPS) is 13.2. The molecular formula is C16H24N2O2. The summed E-state index contributed by atoms with van der Waals surface area (Å²) in [6.45, 7) is 6.38. The van der Waals surface area contributed by atoms with Crippen molar-refractivity contribution >= 4 is 5.91 Å². The lowest BCUT2D eigenvalue weighted by Gasteiger charge is -2.09. The Balaban J connectivity index is 1.63. The molecule has 2 N–H and O–H groups in total. The molecule has 0 fully saturated rings. The van der Waals surface area contributed by atoms with Gasteiger partial charge in [0.2, 0.25) is 5.91 Å². The van der Waals surface area contributed by atoms with Gasteiger partial charge in [-0.3, -0.25) is 4.79 Å². The van der Waals surface area contributed by atoms with Crippen LogP contribution in [0.5, 0.6) is 5.75 Å². The fourth-order valence-electron chi connectivity index (χ4n) is 2.35. The summed E-state index contributed by atoms with van der Waals surface area (Å²) in [6, 6.07) is 6.64. The summed E-state index contributed by atoms with van der Waals surface area (Å²) in [4.78, 5) is 11.4. The lowest BCUT2D eigenvalue weighted by atomic mass is 10.1. The molecule has 4 heteroatoms. The van der Waals surface area contributed by atoms with Gasteiger partial charge in [0.25, 0.3) is 0 Å². The summed E-state index contributed by atoms with van der Waals surface area (Å²) in [6.07, 6.45) is 2.54. The topological polar surface area (TPSA) is 50.4 Å². The Labute approximate surface area is 120 Å². The Hall–Kier alpha value is -1.55. The lowest BCUT2D eigenvalue weighted by molar-refractivity contribution is -0.121. The van der Waals surface area contributed by atoms with Crippen molar-refractivity contribution in [1.29, 1.82) is 0 Å². The Morgan fingerprint density at radius 3 is 3.00 bits per heavy atom. The molecule has 0 saturated heterocycles. The Morgan fingerprint density at radius 2 is 2.20 bits per heavy atom. The highest BCUT2D eigenvalue weighted by atomic mass is 16.5. The van der Waals surface area contributed by atoms with E-state index in [-0.39, 0.29) is 11.9 Å². The molecular weight excluding hydrogens is 252 g/mol. The molecule has 0 saturated carbocycles. The highest BCUT2D eigenvalue weighted by Crippen LogP contribution is 2.25. The van der Waals surface area contributed by atoms with Gasteiger partial charge in [0.15, 0.2) is 0 Å². The van der Waals surface area contributed by atoms with Crippen molar-refractivity contribution in [3.05, 3.63) is 29.3 Å². The molecule has 0 spiro atoms. The number of ether oxygens (including phenoxy) is 1. The molecule has 0 aliphatic carbocycles. The van der Waals surface area contributed by atoms with Crippen LogP contribution in [0.1, 0.15) is 31.4 Å². The second kappa shape index (κ2) is 7.29. The number of hydrogen-bond acceptors (Lipinski definition) is 3. The Kier molecular flexibility index (Phi) is 5.41. The van der Waals surface area contributed by atoms with Gasteiger partial charge < -0.3 is 15.4 Å². The minimum absolute atomic E-state index is 0.113. The van der Waals surface area contributed by atoms with Crippen LogP contribution in [0.25, 0.3) is 0 Å². The molecule has 20 heavy (non-hydrogen) atoms. The maximum atomic E-state index is 11.4. The summed E-state index contributed by atoms with van der Waals surface area (Å²) in [5.41, 5.74) is 2.65. The summed E-state index contributed by atoms with van der Waals surface area (Å²) in [5, 5.41) is 6.20. The average Bonchev–Trinajstić information content (AvgIpc) is 2.84. The number of carbonyl (C=O) groups is 1. The van der Waals surface area contributed by atoms with E-state index in [1.807, 2.05) is 13.8 Å². The largest absolute Gasteiger partial charge is 0.493 e. The van der Waals surface area contributed by atoms with Crippen LogP contribution < -0.4 is 15.4 Å². The zero-order valence-electron chi connectivity index (χ0n) is 12.4. The fraction of sp³-hybridized carbons (Fsp3) is 0.562. The highest BCUT2D eigenvalue weighted by molar-refractivity contribution is 5.76. The van der Waals surface area contributed by atoms with Crippen molar-refractivity contribution in [2.45, 2.75) is 39.2 Å². The third-order valence-electron chi connectivity index (χ3n) is 3.32. The van der Waals surface area contributed by atoms with Crippen LogP contribution in [0.4, 0.5) is 0 Å². The lowest BCUT2D eigenvalue weighted by Crippen LogP contribution is -2.32. The predicted octanol–water partition coefficient (Wildman–Crippen LogP) is 1.67. The first-order chi connectivity index (χ1) is 9.65. The van der Waals surface area contributed by atoms with E-state index in [4.69, 9.17) is 4.74 Å². The zero-order valence-corrected chi connectivity index (χ0v) is 12.4. The number of benzene rings is 1. The van der Waals surface area contributed by atoms with Gasteiger partial charge in [-0.1, -0.05) is 12.1 Å². The number of carbonyl (C=O) groups excluding carboxylic acids is 1. The van der Waals surface area contributed by atoms with E-state index in [9.17, 15) is 4.79 Å². The third-order valence-corrected chi connectivity index (χ3v) is 3.32. The summed E-state index contributed by atoms with van der Waals surface area (Å²) < 4.78 is 5.49. The molecule has 1 aromatic rings. The standard InChI is InChI=1S/C16H24N2O2/c1-12(2)18-16(19)6-9-17-8-5-13-3-4-15-14(11-13)7-10-20-15/h3-4,11-12,17H,5-10H2,1-2H3,(H,18,19). The van der Waals surface area contributed by atoms with Crippen LogP contribution in [0.15, 0.2) is 18.2 Å². The number of amides is 1. The first kappa shape index (κ1) is 14.9. The van der Waals surface area contributed by atoms with Crippen molar-refractivity contribution in [2.75, 3.05) is 19.7 Å². The molecule has 1 heterocycles. The van der Waals surface area contributed by atoms with Crippen molar-refractivity contribution < 1.29 is 9.53 Å². The molecule has 0 unspecified atom stereocenters. The van der Waals surface area contributed by atoms with E-state index in [1.54, 1.807) is 0 Å². The van der Waals surface area contributed by atoms with Crippen LogP contribution in [-0.2, 0) is 17.6 Å². The van der Waals surface area contributed by atoms with Gasteiger partial charge in [0, 0.05) is 25.4 Å². The third kappa shape index (κ3) is 4.53. The summed E-state index contributed by atoms with van der Waals surface area (Å²) >= 11 is 0. The van der Waals surface area contributed by atoms with Crippen molar-refractivity contribution in [3.8, 4) is 5.75 Å². The number of fused-ring (bicyclic) bond motifs is 1. The van der Waals surface area contributed by atoms with Crippen LogP contribution in [0, 0.1) is 0 Å². The minimum Gasteiger partial charge on any atom is -0.493 e. The maximum Gasteiger partial charge on any atom is 0.221 e. The molecule has 110 valence electrons. The first-order valence-corrected chi connectivity index (χ1v) is 7.40. The van der Waals surface area contributed by atoms with Crippen LogP contribution in [-0.4, -0.2) is 31.6 Å². The van der Waals surface area contributed by atoms with Crippen LogP contribution in [0.3, 0.4) is 0 Å². The molecule has 2 rings (SSSR count). The van der Waals surface area contributed by atoms with Crippen LogP contribution in [0.2, 0.25) is 0 Å². The summed E-state index contributed by atoms with van der Waals surface area (Å²) in [5.74, 6) is 1.15. The highest BCUT2D eigenvalue weighted by Gasteiger charge is 2.11. The van der Waals surface area contributed by atoms with Crippen molar-refractivity contribution in [1.82, 2.24) is 10.6 Å². The van der Waals surface area contributed by atoms with Gasteiger partial charge >= 0.3 is 0 Å². The monoisotopic (exact) mass is 276 g/mol.